The van der Waals surface area contributed by atoms with E-state index >= 15 is 0 Å². The van der Waals surface area contributed by atoms with Crippen LogP contribution >= 0.6 is 0 Å². The van der Waals surface area contributed by atoms with Crippen LogP contribution in [0.3, 0.4) is 0 Å². The molecule has 1 fully saturated rings. The van der Waals surface area contributed by atoms with Gasteiger partial charge in [0.1, 0.15) is 17.6 Å². The average Bonchev–Trinajstić information content (AvgIpc) is 3.70. The van der Waals surface area contributed by atoms with Crippen molar-refractivity contribution in [2.75, 3.05) is 31.8 Å². The molecule has 1 unspecified atom stereocenters. The number of fused-ring (bicyclic) bond motifs is 1. The molecule has 4 aromatic carbocycles. The lowest BCUT2D eigenvalue weighted by molar-refractivity contribution is -0.143. The SMILES string of the molecule is CN(Cc1ccccc1-c1ccccc1)C(=O)C(=O)Nc1cnc(N)c2cn(C3CCCCO3)nc12.CN(Cc1ccccc1-c1ccccc1)C(=O)C(N)=O. The van der Waals surface area contributed by atoms with Crippen molar-refractivity contribution in [2.45, 2.75) is 38.6 Å². The van der Waals surface area contributed by atoms with E-state index in [1.165, 1.54) is 16.0 Å². The van der Waals surface area contributed by atoms with Crippen LogP contribution in [-0.2, 0) is 37.0 Å². The number of pyridine rings is 1. The van der Waals surface area contributed by atoms with Gasteiger partial charge in [0.2, 0.25) is 0 Å². The fourth-order valence-electron chi connectivity index (χ4n) is 6.52. The van der Waals surface area contributed by atoms with Gasteiger partial charge in [-0.1, -0.05) is 109 Å². The zero-order valence-electron chi connectivity index (χ0n) is 31.3. The number of hydrogen-bond donors (Lipinski definition) is 3. The van der Waals surface area contributed by atoms with Gasteiger partial charge >= 0.3 is 23.6 Å². The normalized spacial score (nSPS) is 13.6. The van der Waals surface area contributed by atoms with Gasteiger partial charge in [0.05, 0.1) is 17.3 Å². The molecule has 1 aliphatic heterocycles. The van der Waals surface area contributed by atoms with Crippen LogP contribution in [-0.4, -0.2) is 68.9 Å². The smallest absolute Gasteiger partial charge is 0.314 e. The summed E-state index contributed by atoms with van der Waals surface area (Å²) >= 11 is 0. The summed E-state index contributed by atoms with van der Waals surface area (Å²) in [4.78, 5) is 55.3. The summed E-state index contributed by atoms with van der Waals surface area (Å²) in [7, 11) is 3.17. The van der Waals surface area contributed by atoms with Crippen LogP contribution in [0.5, 0.6) is 0 Å². The Morgan fingerprint density at radius 3 is 1.84 bits per heavy atom. The highest BCUT2D eigenvalue weighted by atomic mass is 16.5. The van der Waals surface area contributed by atoms with Crippen LogP contribution < -0.4 is 16.8 Å². The Morgan fingerprint density at radius 1 is 0.768 bits per heavy atom. The number of primary amides is 1. The first-order valence-electron chi connectivity index (χ1n) is 18.2. The molecule has 0 saturated carbocycles. The number of carbonyl (C=O) groups is 4. The van der Waals surface area contributed by atoms with E-state index in [0.29, 0.717) is 35.6 Å². The number of aromatic nitrogens is 3. The standard InChI is InChI=1S/C27H28N6O3.C16H16N2O2/c1-32(16-19-11-5-6-12-20(19)18-9-3-2-4-10-18)27(35)26(34)30-22-15-29-25(28)21-17-33(31-24(21)22)23-13-7-8-14-36-23;1-18(16(20)15(17)19)11-13-9-5-6-10-14(13)12-7-3-2-4-8-12/h2-6,9-12,15,17,23H,7-8,13-14,16H2,1H3,(H2,28,29)(H,30,34);2-10H,11H2,1H3,(H2,17,19). The van der Waals surface area contributed by atoms with Gasteiger partial charge in [-0.2, -0.15) is 5.10 Å². The third kappa shape index (κ3) is 9.25. The van der Waals surface area contributed by atoms with Crippen LogP contribution in [0.15, 0.2) is 122 Å². The molecule has 13 heteroatoms. The van der Waals surface area contributed by atoms with Crippen molar-refractivity contribution in [1.82, 2.24) is 24.6 Å². The molecule has 7 rings (SSSR count). The molecule has 0 aliphatic carbocycles. The minimum atomic E-state index is -0.940. The molecule has 56 heavy (non-hydrogen) atoms. The predicted octanol–water partition coefficient (Wildman–Crippen LogP) is 5.77. The van der Waals surface area contributed by atoms with Crippen LogP contribution in [0.25, 0.3) is 33.2 Å². The number of amides is 4. The average molecular weight is 753 g/mol. The molecule has 4 amide bonds. The van der Waals surface area contributed by atoms with E-state index in [-0.39, 0.29) is 12.8 Å². The summed E-state index contributed by atoms with van der Waals surface area (Å²) in [6, 6.07) is 35.5. The molecule has 13 nitrogen and oxygen atoms in total. The van der Waals surface area contributed by atoms with Crippen LogP contribution in [0.4, 0.5) is 11.5 Å². The number of benzene rings is 4. The molecular weight excluding hydrogens is 709 g/mol. The first-order valence-corrected chi connectivity index (χ1v) is 18.2. The van der Waals surface area contributed by atoms with Crippen molar-refractivity contribution in [3.05, 3.63) is 133 Å². The molecule has 0 radical (unpaired) electrons. The molecule has 6 aromatic rings. The molecule has 3 heterocycles. The van der Waals surface area contributed by atoms with E-state index in [9.17, 15) is 19.2 Å². The highest BCUT2D eigenvalue weighted by molar-refractivity contribution is 6.40. The molecule has 5 N–H and O–H groups in total. The number of nitrogens with zero attached hydrogens (tertiary/aromatic N) is 5. The summed E-state index contributed by atoms with van der Waals surface area (Å²) in [5.74, 6) is -2.77. The summed E-state index contributed by atoms with van der Waals surface area (Å²) in [5.41, 5.74) is 17.9. The van der Waals surface area contributed by atoms with Crippen molar-refractivity contribution in [3.63, 3.8) is 0 Å². The number of hydrogen-bond acceptors (Lipinski definition) is 8. The number of carbonyl (C=O) groups excluding carboxylic acids is 4. The molecule has 1 saturated heterocycles. The van der Waals surface area contributed by atoms with E-state index in [1.807, 2.05) is 109 Å². The second-order valence-electron chi connectivity index (χ2n) is 13.4. The van der Waals surface area contributed by atoms with Crippen LogP contribution in [0.2, 0.25) is 0 Å². The molecule has 1 aliphatic rings. The second kappa shape index (κ2) is 18.0. The number of likely N-dealkylation sites (N-methyl/N-ethyl adjacent to an activating group) is 2. The molecule has 0 spiro atoms. The first kappa shape index (κ1) is 38.9. The fraction of sp³-hybridized carbons (Fsp3) is 0.209. The van der Waals surface area contributed by atoms with Gasteiger partial charge in [-0.15, -0.1) is 0 Å². The minimum absolute atomic E-state index is 0.188. The zero-order chi connectivity index (χ0) is 39.6. The van der Waals surface area contributed by atoms with E-state index in [4.69, 9.17) is 16.2 Å². The number of rotatable bonds is 8. The highest BCUT2D eigenvalue weighted by Crippen LogP contribution is 2.30. The van der Waals surface area contributed by atoms with E-state index in [2.05, 4.69) is 15.4 Å². The Labute approximate surface area is 324 Å². The second-order valence-corrected chi connectivity index (χ2v) is 13.4. The number of ether oxygens (including phenoxy) is 1. The minimum Gasteiger partial charge on any atom is -0.383 e. The number of nitrogen functional groups attached to an aromatic ring is 1. The molecule has 286 valence electrons. The fourth-order valence-corrected chi connectivity index (χ4v) is 6.52. The number of nitrogens with one attached hydrogen (secondary N) is 1. The van der Waals surface area contributed by atoms with E-state index < -0.39 is 23.6 Å². The zero-order valence-corrected chi connectivity index (χ0v) is 31.3. The van der Waals surface area contributed by atoms with E-state index in [1.54, 1.807) is 25.0 Å². The molecule has 2 aromatic heterocycles. The topological polar surface area (TPSA) is 179 Å². The maximum Gasteiger partial charge on any atom is 0.314 e. The molecular formula is C43H44N8O5. The Balaban J connectivity index is 0.000000225. The van der Waals surface area contributed by atoms with Crippen molar-refractivity contribution < 1.29 is 23.9 Å². The lowest BCUT2D eigenvalue weighted by Crippen LogP contribution is -2.37. The predicted molar refractivity (Wildman–Crippen MR) is 215 cm³/mol. The first-order chi connectivity index (χ1) is 27.1. The van der Waals surface area contributed by atoms with E-state index in [0.717, 1.165) is 52.6 Å². The number of nitrogens with two attached hydrogens (primary N) is 2. The van der Waals surface area contributed by atoms with Gasteiger partial charge in [0.15, 0.2) is 0 Å². The third-order valence-electron chi connectivity index (χ3n) is 9.41. The Hall–Kier alpha value is -6.86. The lowest BCUT2D eigenvalue weighted by Gasteiger charge is -2.22. The van der Waals surface area contributed by atoms with Crippen molar-refractivity contribution >= 4 is 46.0 Å². The van der Waals surface area contributed by atoms with Crippen molar-refractivity contribution in [1.29, 1.82) is 0 Å². The lowest BCUT2D eigenvalue weighted by atomic mass is 9.99. The van der Waals surface area contributed by atoms with Gasteiger partial charge in [0.25, 0.3) is 0 Å². The Bertz CT molecular complexity index is 2320. The monoisotopic (exact) mass is 752 g/mol. The van der Waals surface area contributed by atoms with Gasteiger partial charge in [-0.25, -0.2) is 9.67 Å². The van der Waals surface area contributed by atoms with Gasteiger partial charge in [-0.3, -0.25) is 19.2 Å². The molecule has 0 bridgehead atoms. The number of anilines is 2. The summed E-state index contributed by atoms with van der Waals surface area (Å²) in [6.07, 6.45) is 5.92. The Kier molecular flexibility index (Phi) is 12.5. The van der Waals surface area contributed by atoms with Gasteiger partial charge in [0, 0.05) is 40.0 Å². The Morgan fingerprint density at radius 2 is 1.30 bits per heavy atom. The quantitative estimate of drug-likeness (QED) is 0.164. The highest BCUT2D eigenvalue weighted by Gasteiger charge is 2.24. The molecule has 1 atom stereocenters. The van der Waals surface area contributed by atoms with Gasteiger partial charge in [-0.05, 0) is 52.6 Å². The van der Waals surface area contributed by atoms with Crippen molar-refractivity contribution in [2.24, 2.45) is 5.73 Å². The summed E-state index contributed by atoms with van der Waals surface area (Å²) < 4.78 is 7.53. The largest absolute Gasteiger partial charge is 0.383 e. The van der Waals surface area contributed by atoms with Crippen LogP contribution in [0, 0.1) is 0 Å². The maximum atomic E-state index is 13.0. The maximum absolute atomic E-state index is 13.0. The third-order valence-corrected chi connectivity index (χ3v) is 9.41. The summed E-state index contributed by atoms with van der Waals surface area (Å²) in [5, 5.41) is 7.87. The van der Waals surface area contributed by atoms with Gasteiger partial charge < -0.3 is 31.3 Å². The van der Waals surface area contributed by atoms with Crippen LogP contribution in [0.1, 0.15) is 36.6 Å². The van der Waals surface area contributed by atoms with Crippen molar-refractivity contribution in [3.8, 4) is 22.3 Å². The summed E-state index contributed by atoms with van der Waals surface area (Å²) in [6.45, 7) is 1.29.